The van der Waals surface area contributed by atoms with E-state index in [1.807, 2.05) is 0 Å². The third kappa shape index (κ3) is 21.4. The van der Waals surface area contributed by atoms with Gasteiger partial charge in [0.15, 0.2) is 0 Å². The molecule has 2 rings (SSSR count). The van der Waals surface area contributed by atoms with Gasteiger partial charge in [-0.3, -0.25) is 62.5 Å². The minimum absolute atomic E-state index is 0.0760. The minimum Gasteiger partial charge on any atom is -0.508 e. The average Bonchev–Trinajstić information content (AvgIpc) is 3.31. The lowest BCUT2D eigenvalue weighted by molar-refractivity contribution is -0.140. The third-order valence-electron chi connectivity index (χ3n) is 10.9. The standard InChI is InChI=1S/C44H66N14O13/c1-6-23(2)38-43(70)55-28(12-15-33(46)61)40(67)54-27(11-14-32(45)60)41(68)56-29(13-16-35(63)50-21-36(64)52-30(42(69)57-38)17-24-7-9-26(59)10-8-24)44(71)58(5)22-37(65)53-31(18-25(49-4)19-48-3)39(66)51-20-34(47)62/h7-10,19,23,27-31,38,48,59H,4,6,11-18,20-22H2,1-3,5H3,(H2,45,60)(H2,46,61)(H2,47,62)(H,50,63)(H,51,66)(H,52,64)(H,53,65)(H,54,67)(H,55,70)(H,56,68)(H,57,69)/b25-19-/t23-,27-,28-,29-,30-,31-,38-/m0/s1. The number of amides is 12. The van der Waals surface area contributed by atoms with Crippen molar-refractivity contribution in [1.82, 2.24) is 52.8 Å². The number of likely N-dealkylation sites (N-methyl/N-ethyl adjacent to an activating group) is 1. The molecule has 27 nitrogen and oxygen atoms in total. The Balaban J connectivity index is 2.63. The van der Waals surface area contributed by atoms with Gasteiger partial charge in [-0.25, -0.2) is 0 Å². The zero-order chi connectivity index (χ0) is 53.4. The van der Waals surface area contributed by atoms with Crippen molar-refractivity contribution in [3.63, 3.8) is 0 Å². The Kier molecular flexibility index (Phi) is 24.7. The van der Waals surface area contributed by atoms with Crippen LogP contribution in [0.2, 0.25) is 0 Å². The van der Waals surface area contributed by atoms with Gasteiger partial charge >= 0.3 is 0 Å². The quantitative estimate of drug-likeness (QED) is 0.0512. The largest absolute Gasteiger partial charge is 0.508 e. The van der Waals surface area contributed by atoms with Crippen LogP contribution in [0.1, 0.15) is 70.8 Å². The maximum atomic E-state index is 14.1. The smallest absolute Gasteiger partial charge is 0.245 e. The number of hydrogen-bond donors (Lipinski definition) is 13. The average molecular weight is 999 g/mol. The van der Waals surface area contributed by atoms with Crippen LogP contribution in [0.4, 0.5) is 0 Å². The van der Waals surface area contributed by atoms with Gasteiger partial charge in [-0.1, -0.05) is 32.4 Å². The lowest BCUT2D eigenvalue weighted by Crippen LogP contribution is -2.61. The van der Waals surface area contributed by atoms with E-state index in [1.54, 1.807) is 20.9 Å². The molecule has 0 radical (unpaired) electrons. The first-order valence-electron chi connectivity index (χ1n) is 22.5. The predicted octanol–water partition coefficient (Wildman–Crippen LogP) is -5.46. The zero-order valence-corrected chi connectivity index (χ0v) is 40.1. The number of rotatable bonds is 21. The summed E-state index contributed by atoms with van der Waals surface area (Å²) in [5.41, 5.74) is 16.6. The number of nitrogens with zero attached hydrogens (tertiary/aromatic N) is 2. The van der Waals surface area contributed by atoms with E-state index in [-0.39, 0.29) is 24.3 Å². The third-order valence-corrected chi connectivity index (χ3v) is 10.9. The predicted molar refractivity (Wildman–Crippen MR) is 253 cm³/mol. The first kappa shape index (κ1) is 59.0. The summed E-state index contributed by atoms with van der Waals surface area (Å²) in [6, 6.07) is -3.33. The van der Waals surface area contributed by atoms with Crippen LogP contribution in [0.5, 0.6) is 5.75 Å². The van der Waals surface area contributed by atoms with Gasteiger partial charge in [-0.2, -0.15) is 0 Å². The molecule has 1 fully saturated rings. The second-order valence-corrected chi connectivity index (χ2v) is 16.7. The van der Waals surface area contributed by atoms with Gasteiger partial charge in [0, 0.05) is 52.4 Å². The molecule has 1 aliphatic rings. The molecule has 27 heteroatoms. The molecule has 1 aromatic carbocycles. The van der Waals surface area contributed by atoms with E-state index in [9.17, 15) is 62.6 Å². The van der Waals surface area contributed by atoms with E-state index in [4.69, 9.17) is 17.2 Å². The minimum atomic E-state index is -1.67. The fourth-order valence-corrected chi connectivity index (χ4v) is 6.85. The summed E-state index contributed by atoms with van der Waals surface area (Å²) in [5, 5.41) is 32.1. The summed E-state index contributed by atoms with van der Waals surface area (Å²) in [6.45, 7) is 4.75. The Bertz CT molecular complexity index is 2170. The number of carbonyl (C=O) groups is 12. The molecule has 0 bridgehead atoms. The SMILES string of the molecule is C=N/C(=C\NC)C[C@H](NC(=O)CN(C)C(=O)[C@@H]1CCC(=O)NCC(=O)N[C@@H](Cc2ccc(O)cc2)C(=O)N[C@@H]([C@@H](C)CC)C(=O)N[C@@H](CCC(N)=O)C(=O)N[C@@H](CCC(N)=O)C(=O)N1)C(=O)NCC(N)=O. The second kappa shape index (κ2) is 29.7. The second-order valence-electron chi connectivity index (χ2n) is 16.7. The molecule has 0 saturated carbocycles. The maximum absolute atomic E-state index is 14.1. The van der Waals surface area contributed by atoms with E-state index in [0.717, 1.165) is 11.9 Å². The number of phenols is 1. The number of aromatic hydroxyl groups is 1. The van der Waals surface area contributed by atoms with Gasteiger partial charge in [-0.15, -0.1) is 0 Å². The van der Waals surface area contributed by atoms with E-state index < -0.39 is 171 Å². The maximum Gasteiger partial charge on any atom is 0.245 e. The summed E-state index contributed by atoms with van der Waals surface area (Å²) in [7, 11) is 2.70. The van der Waals surface area contributed by atoms with Crippen molar-refractivity contribution in [3.8, 4) is 5.75 Å². The molecule has 71 heavy (non-hydrogen) atoms. The van der Waals surface area contributed by atoms with Crippen molar-refractivity contribution < 1.29 is 62.6 Å². The van der Waals surface area contributed by atoms with Crippen molar-refractivity contribution in [2.45, 2.75) is 108 Å². The molecule has 1 saturated heterocycles. The molecule has 1 heterocycles. The number of primary amides is 3. The lowest BCUT2D eigenvalue weighted by Gasteiger charge is -2.30. The molecule has 0 aliphatic carbocycles. The topological polar surface area (TPSA) is 427 Å². The molecule has 390 valence electrons. The Morgan fingerprint density at radius 2 is 1.41 bits per heavy atom. The summed E-state index contributed by atoms with van der Waals surface area (Å²) in [6.07, 6.45) is -1.55. The van der Waals surface area contributed by atoms with Crippen LogP contribution in [-0.2, 0) is 64.0 Å². The highest BCUT2D eigenvalue weighted by molar-refractivity contribution is 5.98. The fraction of sp³-hybridized carbons (Fsp3) is 0.523. The van der Waals surface area contributed by atoms with Crippen LogP contribution < -0.4 is 65.1 Å². The summed E-state index contributed by atoms with van der Waals surface area (Å²) < 4.78 is 0. The van der Waals surface area contributed by atoms with Gasteiger partial charge in [0.05, 0.1) is 25.3 Å². The zero-order valence-electron chi connectivity index (χ0n) is 40.1. The number of hydrogen-bond acceptors (Lipinski definition) is 15. The number of benzene rings is 1. The normalized spacial score (nSPS) is 20.6. The Morgan fingerprint density at radius 3 is 1.96 bits per heavy atom. The molecule has 0 unspecified atom stereocenters. The van der Waals surface area contributed by atoms with Crippen LogP contribution >= 0.6 is 0 Å². The van der Waals surface area contributed by atoms with Crippen LogP contribution in [0.3, 0.4) is 0 Å². The number of aliphatic imine (C=N–C) groups is 1. The number of nitrogens with two attached hydrogens (primary N) is 3. The van der Waals surface area contributed by atoms with Crippen molar-refractivity contribution in [2.24, 2.45) is 28.1 Å². The molecular weight excluding hydrogens is 933 g/mol. The molecule has 0 spiro atoms. The van der Waals surface area contributed by atoms with Crippen molar-refractivity contribution in [1.29, 1.82) is 0 Å². The lowest BCUT2D eigenvalue weighted by atomic mass is 9.96. The molecular formula is C44H66N14O13. The van der Waals surface area contributed by atoms with E-state index in [0.29, 0.717) is 12.0 Å². The van der Waals surface area contributed by atoms with Crippen LogP contribution in [0.25, 0.3) is 0 Å². The molecule has 12 amide bonds. The molecule has 1 aromatic rings. The number of nitrogens with one attached hydrogen (secondary N) is 9. The number of carbonyl (C=O) groups excluding carboxylic acids is 12. The molecule has 7 atom stereocenters. The van der Waals surface area contributed by atoms with Crippen molar-refractivity contribution >= 4 is 77.6 Å². The van der Waals surface area contributed by atoms with Crippen LogP contribution in [0.15, 0.2) is 41.2 Å². The molecule has 16 N–H and O–H groups in total. The number of phenolic OH excluding ortho intramolecular Hbond substituents is 1. The summed E-state index contributed by atoms with van der Waals surface area (Å²) in [4.78, 5) is 163. The van der Waals surface area contributed by atoms with Gasteiger partial charge in [0.25, 0.3) is 0 Å². The Labute approximate surface area is 409 Å². The fourth-order valence-electron chi connectivity index (χ4n) is 6.85. The van der Waals surface area contributed by atoms with Crippen molar-refractivity contribution in [3.05, 3.63) is 41.7 Å². The highest BCUT2D eigenvalue weighted by atomic mass is 16.3. The molecule has 1 aliphatic heterocycles. The van der Waals surface area contributed by atoms with Crippen LogP contribution in [0, 0.1) is 5.92 Å². The molecule has 0 aromatic heterocycles. The van der Waals surface area contributed by atoms with Gasteiger partial charge in [-0.05, 0) is 49.6 Å². The van der Waals surface area contributed by atoms with E-state index >= 15 is 0 Å². The summed E-state index contributed by atoms with van der Waals surface area (Å²) >= 11 is 0. The van der Waals surface area contributed by atoms with Crippen LogP contribution in [-0.4, -0.2) is 158 Å². The van der Waals surface area contributed by atoms with Gasteiger partial charge in [0.1, 0.15) is 42.0 Å². The van der Waals surface area contributed by atoms with Crippen molar-refractivity contribution in [2.75, 3.05) is 33.7 Å². The summed E-state index contributed by atoms with van der Waals surface area (Å²) in [5.74, 6) is -11.7. The van der Waals surface area contributed by atoms with E-state index in [2.05, 4.69) is 59.6 Å². The highest BCUT2D eigenvalue weighted by Crippen LogP contribution is 2.15. The monoisotopic (exact) mass is 998 g/mol. The highest BCUT2D eigenvalue weighted by Gasteiger charge is 2.36. The Hall–Kier alpha value is -8.13. The van der Waals surface area contributed by atoms with Gasteiger partial charge in [0.2, 0.25) is 70.9 Å². The Morgan fingerprint density at radius 1 is 0.831 bits per heavy atom. The first-order chi connectivity index (χ1) is 33.5. The van der Waals surface area contributed by atoms with Gasteiger partial charge < -0.3 is 75.1 Å². The van der Waals surface area contributed by atoms with E-state index in [1.165, 1.54) is 30.5 Å². The first-order valence-corrected chi connectivity index (χ1v) is 22.5.